The molecule has 0 saturated heterocycles. The zero-order valence-electron chi connectivity index (χ0n) is 14.5. The maximum Gasteiger partial charge on any atom is 0.230 e. The van der Waals surface area contributed by atoms with Crippen LogP contribution in [0.2, 0.25) is 0 Å². The number of methoxy groups -OCH3 is 1. The third kappa shape index (κ3) is 5.31. The maximum atomic E-state index is 12.2. The molecule has 2 rings (SSSR count). The summed E-state index contributed by atoms with van der Waals surface area (Å²) in [4.78, 5) is 12.2. The molecule has 1 N–H and O–H groups in total. The van der Waals surface area contributed by atoms with Gasteiger partial charge in [0.25, 0.3) is 0 Å². The van der Waals surface area contributed by atoms with Crippen molar-refractivity contribution in [3.63, 3.8) is 0 Å². The zero-order valence-corrected chi connectivity index (χ0v) is 15.4. The van der Waals surface area contributed by atoms with Crippen LogP contribution in [0.3, 0.4) is 0 Å². The first-order valence-electron chi connectivity index (χ1n) is 8.19. The number of rotatable bonds is 8. The second kappa shape index (κ2) is 9.38. The summed E-state index contributed by atoms with van der Waals surface area (Å²) in [7, 11) is 1.65. The van der Waals surface area contributed by atoms with Gasteiger partial charge in [-0.1, -0.05) is 43.3 Å². The third-order valence-electron chi connectivity index (χ3n) is 4.01. The second-order valence-corrected chi connectivity index (χ2v) is 6.71. The number of hydrogen-bond acceptors (Lipinski definition) is 3. The fourth-order valence-electron chi connectivity index (χ4n) is 2.52. The normalized spacial score (nSPS) is 11.8. The van der Waals surface area contributed by atoms with Crippen molar-refractivity contribution in [1.29, 1.82) is 0 Å². The molecule has 4 heteroatoms. The summed E-state index contributed by atoms with van der Waals surface area (Å²) in [5.41, 5.74) is 3.67. The summed E-state index contributed by atoms with van der Waals surface area (Å²) in [6.07, 6.45) is 0.862. The first-order chi connectivity index (χ1) is 11.6. The van der Waals surface area contributed by atoms with Gasteiger partial charge in [0.15, 0.2) is 0 Å². The molecule has 24 heavy (non-hydrogen) atoms. The molecule has 0 aliphatic carbocycles. The van der Waals surface area contributed by atoms with Crippen LogP contribution >= 0.6 is 11.8 Å². The van der Waals surface area contributed by atoms with E-state index in [1.807, 2.05) is 36.4 Å². The molecule has 0 radical (unpaired) electrons. The van der Waals surface area contributed by atoms with E-state index >= 15 is 0 Å². The molecule has 128 valence electrons. The van der Waals surface area contributed by atoms with Crippen molar-refractivity contribution in [1.82, 2.24) is 5.32 Å². The molecular weight excluding hydrogens is 318 g/mol. The predicted molar refractivity (Wildman–Crippen MR) is 102 cm³/mol. The van der Waals surface area contributed by atoms with Gasteiger partial charge >= 0.3 is 0 Å². The highest BCUT2D eigenvalue weighted by Gasteiger charge is 2.13. The lowest BCUT2D eigenvalue weighted by atomic mass is 10.0. The largest absolute Gasteiger partial charge is 0.497 e. The van der Waals surface area contributed by atoms with Crippen LogP contribution < -0.4 is 10.1 Å². The number of nitrogens with one attached hydrogen (secondary N) is 1. The van der Waals surface area contributed by atoms with Gasteiger partial charge in [0.05, 0.1) is 18.9 Å². The van der Waals surface area contributed by atoms with Crippen LogP contribution in [0.15, 0.2) is 48.5 Å². The molecule has 3 nitrogen and oxygen atoms in total. The van der Waals surface area contributed by atoms with Crippen LogP contribution in [-0.4, -0.2) is 18.8 Å². The van der Waals surface area contributed by atoms with Crippen molar-refractivity contribution < 1.29 is 9.53 Å². The smallest absolute Gasteiger partial charge is 0.230 e. The van der Waals surface area contributed by atoms with Gasteiger partial charge in [0, 0.05) is 5.75 Å². The quantitative estimate of drug-likeness (QED) is 0.767. The number of aryl methyl sites for hydroxylation is 1. The predicted octanol–water partition coefficient (Wildman–Crippen LogP) is 4.50. The van der Waals surface area contributed by atoms with Crippen LogP contribution in [0.25, 0.3) is 0 Å². The van der Waals surface area contributed by atoms with E-state index in [0.29, 0.717) is 5.75 Å². The van der Waals surface area contributed by atoms with Gasteiger partial charge in [-0.2, -0.15) is 0 Å². The molecule has 2 aromatic rings. The van der Waals surface area contributed by atoms with E-state index in [9.17, 15) is 4.79 Å². The first-order valence-corrected chi connectivity index (χ1v) is 9.35. The third-order valence-corrected chi connectivity index (χ3v) is 5.00. The topological polar surface area (TPSA) is 38.3 Å². The highest BCUT2D eigenvalue weighted by molar-refractivity contribution is 7.99. The fourth-order valence-corrected chi connectivity index (χ4v) is 3.43. The molecule has 0 spiro atoms. The Balaban J connectivity index is 1.84. The molecule has 0 aliphatic heterocycles. The van der Waals surface area contributed by atoms with Crippen LogP contribution in [0.4, 0.5) is 0 Å². The summed E-state index contributed by atoms with van der Waals surface area (Å²) < 4.78 is 5.18. The van der Waals surface area contributed by atoms with Gasteiger partial charge in [-0.25, -0.2) is 0 Å². The van der Waals surface area contributed by atoms with Crippen LogP contribution in [0, 0.1) is 6.92 Å². The van der Waals surface area contributed by atoms with Crippen molar-refractivity contribution in [3.05, 3.63) is 65.2 Å². The Bertz CT molecular complexity index is 655. The average molecular weight is 343 g/mol. The highest BCUT2D eigenvalue weighted by Crippen LogP contribution is 2.21. The van der Waals surface area contributed by atoms with Crippen LogP contribution in [-0.2, 0) is 10.5 Å². The monoisotopic (exact) mass is 343 g/mol. The number of hydrogen-bond donors (Lipinski definition) is 1. The van der Waals surface area contributed by atoms with Gasteiger partial charge in [0.2, 0.25) is 5.91 Å². The molecule has 1 atom stereocenters. The minimum atomic E-state index is 0.0440. The summed E-state index contributed by atoms with van der Waals surface area (Å²) in [6.45, 7) is 4.18. The van der Waals surface area contributed by atoms with E-state index in [-0.39, 0.29) is 11.9 Å². The Morgan fingerprint density at radius 2 is 1.88 bits per heavy atom. The van der Waals surface area contributed by atoms with E-state index in [1.54, 1.807) is 18.9 Å². The number of ether oxygens (including phenoxy) is 1. The van der Waals surface area contributed by atoms with E-state index in [1.165, 1.54) is 11.1 Å². The fraction of sp³-hybridized carbons (Fsp3) is 0.350. The molecule has 1 unspecified atom stereocenters. The maximum absolute atomic E-state index is 12.2. The Hall–Kier alpha value is -1.94. The van der Waals surface area contributed by atoms with Gasteiger partial charge < -0.3 is 10.1 Å². The Morgan fingerprint density at radius 3 is 2.50 bits per heavy atom. The van der Waals surface area contributed by atoms with Gasteiger partial charge in [0.1, 0.15) is 5.75 Å². The van der Waals surface area contributed by atoms with Crippen molar-refractivity contribution in [3.8, 4) is 5.75 Å². The molecule has 1 amide bonds. The highest BCUT2D eigenvalue weighted by atomic mass is 32.2. The number of carbonyl (C=O) groups is 1. The molecule has 0 aliphatic rings. The summed E-state index contributed by atoms with van der Waals surface area (Å²) in [5.74, 6) is 2.24. The molecule has 0 aromatic heterocycles. The average Bonchev–Trinajstić information content (AvgIpc) is 2.61. The van der Waals surface area contributed by atoms with Gasteiger partial charge in [-0.15, -0.1) is 11.8 Å². The van der Waals surface area contributed by atoms with Gasteiger partial charge in [-0.3, -0.25) is 4.79 Å². The second-order valence-electron chi connectivity index (χ2n) is 5.72. The molecule has 0 saturated carbocycles. The molecule has 0 heterocycles. The standard InChI is InChI=1S/C20H25NO2S/c1-4-19(16-9-11-18(23-3)12-10-16)21-20(22)14-24-13-17-8-6-5-7-15(17)2/h5-12,19H,4,13-14H2,1-3H3,(H,21,22). The molecule has 0 fully saturated rings. The van der Waals surface area contributed by atoms with Crippen molar-refractivity contribution in [2.45, 2.75) is 32.1 Å². The Kier molecular flexibility index (Phi) is 7.19. The molecule has 2 aromatic carbocycles. The lowest BCUT2D eigenvalue weighted by Gasteiger charge is -2.18. The molecule has 0 bridgehead atoms. The van der Waals surface area contributed by atoms with Crippen molar-refractivity contribution in [2.75, 3.05) is 12.9 Å². The summed E-state index contributed by atoms with van der Waals surface area (Å²) in [6, 6.07) is 16.2. The van der Waals surface area contributed by atoms with Crippen molar-refractivity contribution in [2.24, 2.45) is 0 Å². The number of carbonyl (C=O) groups excluding carboxylic acids is 1. The minimum absolute atomic E-state index is 0.0440. The van der Waals surface area contributed by atoms with E-state index in [0.717, 1.165) is 23.5 Å². The lowest BCUT2D eigenvalue weighted by Crippen LogP contribution is -2.29. The van der Waals surface area contributed by atoms with E-state index in [4.69, 9.17) is 4.74 Å². The van der Waals surface area contributed by atoms with E-state index in [2.05, 4.69) is 31.3 Å². The first kappa shape index (κ1) is 18.4. The lowest BCUT2D eigenvalue weighted by molar-refractivity contribution is -0.119. The number of benzene rings is 2. The van der Waals surface area contributed by atoms with E-state index < -0.39 is 0 Å². The number of amides is 1. The number of thioether (sulfide) groups is 1. The summed E-state index contributed by atoms with van der Waals surface area (Å²) >= 11 is 1.65. The van der Waals surface area contributed by atoms with Gasteiger partial charge in [-0.05, 0) is 42.2 Å². The summed E-state index contributed by atoms with van der Waals surface area (Å²) in [5, 5.41) is 3.12. The van der Waals surface area contributed by atoms with Crippen molar-refractivity contribution >= 4 is 17.7 Å². The SMILES string of the molecule is CCC(NC(=O)CSCc1ccccc1C)c1ccc(OC)cc1. The molecular formula is C20H25NO2S. The van der Waals surface area contributed by atoms with Crippen LogP contribution in [0.5, 0.6) is 5.75 Å². The Labute approximate surface area is 148 Å². The zero-order chi connectivity index (χ0) is 17.4. The Morgan fingerprint density at radius 1 is 1.17 bits per heavy atom. The van der Waals surface area contributed by atoms with Crippen LogP contribution in [0.1, 0.15) is 36.1 Å². The minimum Gasteiger partial charge on any atom is -0.497 e.